The summed E-state index contributed by atoms with van der Waals surface area (Å²) in [6.07, 6.45) is 0.962. The van der Waals surface area contributed by atoms with E-state index in [2.05, 4.69) is 20.8 Å². The molecular formula is C12H17FO. The Morgan fingerprint density at radius 2 is 2.00 bits per heavy atom. The van der Waals surface area contributed by atoms with Crippen molar-refractivity contribution in [3.05, 3.63) is 30.1 Å². The predicted octanol–water partition coefficient (Wildman–Crippen LogP) is 3.64. The van der Waals surface area contributed by atoms with Gasteiger partial charge in [-0.3, -0.25) is 0 Å². The van der Waals surface area contributed by atoms with Gasteiger partial charge >= 0.3 is 0 Å². The second-order valence-corrected chi connectivity index (χ2v) is 4.62. The highest BCUT2D eigenvalue weighted by atomic mass is 19.1. The molecule has 1 aromatic rings. The third kappa shape index (κ3) is 4.26. The van der Waals surface area contributed by atoms with E-state index in [0.29, 0.717) is 12.4 Å². The van der Waals surface area contributed by atoms with Gasteiger partial charge in [0.05, 0.1) is 6.61 Å². The van der Waals surface area contributed by atoms with Gasteiger partial charge in [0.2, 0.25) is 0 Å². The minimum atomic E-state index is -0.252. The van der Waals surface area contributed by atoms with Gasteiger partial charge in [-0.15, -0.1) is 0 Å². The molecule has 0 unspecified atom stereocenters. The quantitative estimate of drug-likeness (QED) is 0.717. The number of hydrogen-bond donors (Lipinski definition) is 0. The van der Waals surface area contributed by atoms with Crippen LogP contribution in [-0.2, 0) is 0 Å². The van der Waals surface area contributed by atoms with Gasteiger partial charge in [0.1, 0.15) is 11.6 Å². The zero-order chi connectivity index (χ0) is 10.6. The molecule has 0 aliphatic heterocycles. The molecule has 0 saturated carbocycles. The standard InChI is InChI=1S/C12H17FO/c1-12(2,3)7-8-14-11-6-4-5-10(13)9-11/h4-6,9H,7-8H2,1-3H3. The molecule has 0 aromatic heterocycles. The van der Waals surface area contributed by atoms with Crippen molar-refractivity contribution in [2.75, 3.05) is 6.61 Å². The molecule has 0 amide bonds. The molecule has 2 heteroatoms. The van der Waals surface area contributed by atoms with Crippen LogP contribution < -0.4 is 4.74 Å². The maximum Gasteiger partial charge on any atom is 0.126 e. The van der Waals surface area contributed by atoms with Gasteiger partial charge in [0, 0.05) is 6.07 Å². The van der Waals surface area contributed by atoms with E-state index in [-0.39, 0.29) is 11.2 Å². The van der Waals surface area contributed by atoms with Gasteiger partial charge in [-0.2, -0.15) is 0 Å². The lowest BCUT2D eigenvalue weighted by atomic mass is 9.93. The highest BCUT2D eigenvalue weighted by molar-refractivity contribution is 5.22. The molecule has 1 aromatic carbocycles. The highest BCUT2D eigenvalue weighted by Gasteiger charge is 2.09. The first kappa shape index (κ1) is 11.0. The van der Waals surface area contributed by atoms with Crippen LogP contribution >= 0.6 is 0 Å². The lowest BCUT2D eigenvalue weighted by molar-refractivity contribution is 0.242. The van der Waals surface area contributed by atoms with Crippen LogP contribution in [-0.4, -0.2) is 6.61 Å². The van der Waals surface area contributed by atoms with Crippen LogP contribution in [0.25, 0.3) is 0 Å². The van der Waals surface area contributed by atoms with Crippen molar-refractivity contribution in [2.24, 2.45) is 5.41 Å². The maximum absolute atomic E-state index is 12.7. The lowest BCUT2D eigenvalue weighted by Gasteiger charge is -2.17. The summed E-state index contributed by atoms with van der Waals surface area (Å²) >= 11 is 0. The molecule has 14 heavy (non-hydrogen) atoms. The average molecular weight is 196 g/mol. The third-order valence-electron chi connectivity index (χ3n) is 1.92. The molecule has 0 atom stereocenters. The Morgan fingerprint density at radius 1 is 1.29 bits per heavy atom. The molecule has 0 saturated heterocycles. The van der Waals surface area contributed by atoms with Crippen LogP contribution in [0.2, 0.25) is 0 Å². The molecule has 0 N–H and O–H groups in total. The SMILES string of the molecule is CC(C)(C)CCOc1cccc(F)c1. The van der Waals surface area contributed by atoms with Gasteiger partial charge in [0.25, 0.3) is 0 Å². The third-order valence-corrected chi connectivity index (χ3v) is 1.92. The van der Waals surface area contributed by atoms with Crippen LogP contribution in [0.3, 0.4) is 0 Å². The Kier molecular flexibility index (Phi) is 3.50. The monoisotopic (exact) mass is 196 g/mol. The Hall–Kier alpha value is -1.05. The summed E-state index contributed by atoms with van der Waals surface area (Å²) < 4.78 is 18.2. The summed E-state index contributed by atoms with van der Waals surface area (Å²) in [6, 6.07) is 6.24. The molecule has 78 valence electrons. The number of ether oxygens (including phenoxy) is 1. The summed E-state index contributed by atoms with van der Waals surface area (Å²) in [5.74, 6) is 0.354. The highest BCUT2D eigenvalue weighted by Crippen LogP contribution is 2.19. The molecule has 0 fully saturated rings. The number of halogens is 1. The second kappa shape index (κ2) is 4.45. The van der Waals surface area contributed by atoms with Crippen molar-refractivity contribution in [3.63, 3.8) is 0 Å². The van der Waals surface area contributed by atoms with E-state index in [1.54, 1.807) is 12.1 Å². The molecule has 0 heterocycles. The zero-order valence-corrected chi connectivity index (χ0v) is 9.01. The number of hydrogen-bond acceptors (Lipinski definition) is 1. The molecule has 1 nitrogen and oxygen atoms in total. The molecule has 0 bridgehead atoms. The van der Waals surface area contributed by atoms with Crippen molar-refractivity contribution < 1.29 is 9.13 Å². The molecule has 0 spiro atoms. The van der Waals surface area contributed by atoms with Crippen LogP contribution in [0.15, 0.2) is 24.3 Å². The van der Waals surface area contributed by atoms with Gasteiger partial charge in [-0.05, 0) is 24.0 Å². The molecule has 0 aliphatic carbocycles. The zero-order valence-electron chi connectivity index (χ0n) is 9.01. The summed E-state index contributed by atoms with van der Waals surface area (Å²) in [5.41, 5.74) is 0.257. The van der Waals surface area contributed by atoms with Crippen molar-refractivity contribution in [2.45, 2.75) is 27.2 Å². The maximum atomic E-state index is 12.7. The van der Waals surface area contributed by atoms with E-state index in [4.69, 9.17) is 4.74 Å². The van der Waals surface area contributed by atoms with Gasteiger partial charge in [-0.1, -0.05) is 26.8 Å². The second-order valence-electron chi connectivity index (χ2n) is 4.62. The summed E-state index contributed by atoms with van der Waals surface area (Å²) in [4.78, 5) is 0. The molecule has 0 radical (unpaired) electrons. The van der Waals surface area contributed by atoms with Crippen LogP contribution in [0.1, 0.15) is 27.2 Å². The van der Waals surface area contributed by atoms with Gasteiger partial charge in [-0.25, -0.2) is 4.39 Å². The summed E-state index contributed by atoms with van der Waals surface area (Å²) in [6.45, 7) is 7.10. The Labute approximate surface area is 84.9 Å². The number of rotatable bonds is 3. The first-order chi connectivity index (χ1) is 6.47. The van der Waals surface area contributed by atoms with E-state index in [9.17, 15) is 4.39 Å². The van der Waals surface area contributed by atoms with Gasteiger partial charge < -0.3 is 4.74 Å². The van der Waals surface area contributed by atoms with Gasteiger partial charge in [0.15, 0.2) is 0 Å². The molecule has 0 aliphatic rings. The fourth-order valence-corrected chi connectivity index (χ4v) is 1.03. The lowest BCUT2D eigenvalue weighted by Crippen LogP contribution is -2.11. The molecule has 1 rings (SSSR count). The predicted molar refractivity (Wildman–Crippen MR) is 56.0 cm³/mol. The van der Waals surface area contributed by atoms with Crippen molar-refractivity contribution in [1.82, 2.24) is 0 Å². The normalized spacial score (nSPS) is 11.4. The number of benzene rings is 1. The fraction of sp³-hybridized carbons (Fsp3) is 0.500. The average Bonchev–Trinajstić information content (AvgIpc) is 2.01. The molecular weight excluding hydrogens is 179 g/mol. The van der Waals surface area contributed by atoms with E-state index in [1.165, 1.54) is 12.1 Å². The largest absolute Gasteiger partial charge is 0.493 e. The van der Waals surface area contributed by atoms with E-state index >= 15 is 0 Å². The van der Waals surface area contributed by atoms with Crippen molar-refractivity contribution >= 4 is 0 Å². The van der Waals surface area contributed by atoms with Crippen LogP contribution in [0, 0.1) is 11.2 Å². The van der Waals surface area contributed by atoms with Crippen molar-refractivity contribution in [1.29, 1.82) is 0 Å². The first-order valence-electron chi connectivity index (χ1n) is 4.86. The Balaban J connectivity index is 2.39. The summed E-state index contributed by atoms with van der Waals surface area (Å²) in [5, 5.41) is 0. The minimum absolute atomic E-state index is 0.252. The minimum Gasteiger partial charge on any atom is -0.493 e. The van der Waals surface area contributed by atoms with E-state index in [1.807, 2.05) is 0 Å². The first-order valence-corrected chi connectivity index (χ1v) is 4.86. The Morgan fingerprint density at radius 3 is 2.57 bits per heavy atom. The van der Waals surface area contributed by atoms with E-state index in [0.717, 1.165) is 6.42 Å². The smallest absolute Gasteiger partial charge is 0.126 e. The fourth-order valence-electron chi connectivity index (χ4n) is 1.03. The Bertz CT molecular complexity index is 289. The van der Waals surface area contributed by atoms with Crippen molar-refractivity contribution in [3.8, 4) is 5.75 Å². The topological polar surface area (TPSA) is 9.23 Å². The van der Waals surface area contributed by atoms with Crippen LogP contribution in [0.5, 0.6) is 5.75 Å². The summed E-state index contributed by atoms with van der Waals surface area (Å²) in [7, 11) is 0. The van der Waals surface area contributed by atoms with Crippen LogP contribution in [0.4, 0.5) is 4.39 Å². The van der Waals surface area contributed by atoms with E-state index < -0.39 is 0 Å².